The first-order valence-corrected chi connectivity index (χ1v) is 17.7. The first-order chi connectivity index (χ1) is 24.1. The highest BCUT2D eigenvalue weighted by atomic mass is 19.4. The molecule has 2 aliphatic rings. The van der Waals surface area contributed by atoms with Crippen LogP contribution in [-0.2, 0) is 20.6 Å². The predicted molar refractivity (Wildman–Crippen MR) is 191 cm³/mol. The summed E-state index contributed by atoms with van der Waals surface area (Å²) in [6, 6.07) is 16.0. The van der Waals surface area contributed by atoms with Gasteiger partial charge in [0.1, 0.15) is 29.5 Å². The van der Waals surface area contributed by atoms with E-state index in [2.05, 4.69) is 33.5 Å². The fraction of sp³-hybridized carbons (Fsp3) is 0.553. The molecule has 1 saturated carbocycles. The molecule has 1 amide bonds. The minimum absolute atomic E-state index is 0.142. The van der Waals surface area contributed by atoms with Crippen molar-refractivity contribution in [1.29, 1.82) is 0 Å². The molecule has 0 spiro atoms. The van der Waals surface area contributed by atoms with Gasteiger partial charge < -0.3 is 29.0 Å². The third-order valence-corrected chi connectivity index (χ3v) is 9.59. The Balaban J connectivity index is 1.16. The minimum atomic E-state index is -4.40. The molecule has 2 fully saturated rings. The molecular weight excluding hydrogens is 661 g/mol. The molecule has 0 bridgehead atoms. The molecule has 6 rings (SSSR count). The number of hydrogen-bond donors (Lipinski definition) is 1. The number of carbonyl (C=O) groups excluding carboxylic acids is 1. The molecule has 13 heteroatoms. The SMILES string of the molecule is CNc1ncnc2c1ccn2C1C[C@H](CN(CCCN(CCc2ccc3ccccc3c2)C(=O)OC(C)(C)C)CC(F)(F)F)[C@H]2OC(C)(C)O[C@@H]12. The van der Waals surface area contributed by atoms with Crippen molar-refractivity contribution in [3.8, 4) is 0 Å². The summed E-state index contributed by atoms with van der Waals surface area (Å²) in [6.07, 6.45) is -0.719. The predicted octanol–water partition coefficient (Wildman–Crippen LogP) is 7.44. The number of alkyl halides is 3. The molecule has 0 radical (unpaired) electrons. The molecule has 3 heterocycles. The highest BCUT2D eigenvalue weighted by molar-refractivity contribution is 5.87. The van der Waals surface area contributed by atoms with Crippen molar-refractivity contribution in [3.05, 3.63) is 66.6 Å². The van der Waals surface area contributed by atoms with Gasteiger partial charge in [0.2, 0.25) is 0 Å². The van der Waals surface area contributed by atoms with E-state index in [0.29, 0.717) is 31.6 Å². The lowest BCUT2D eigenvalue weighted by atomic mass is 10.0. The van der Waals surface area contributed by atoms with Gasteiger partial charge in [0.15, 0.2) is 5.79 Å². The van der Waals surface area contributed by atoms with E-state index in [4.69, 9.17) is 14.2 Å². The van der Waals surface area contributed by atoms with Crippen molar-refractivity contribution in [1.82, 2.24) is 24.3 Å². The summed E-state index contributed by atoms with van der Waals surface area (Å²) in [5.74, 6) is -0.418. The number of hydrogen-bond acceptors (Lipinski definition) is 8. The van der Waals surface area contributed by atoms with Crippen molar-refractivity contribution < 1.29 is 32.2 Å². The van der Waals surface area contributed by atoms with E-state index < -0.39 is 36.3 Å². The fourth-order valence-electron chi connectivity index (χ4n) is 7.53. The Morgan fingerprint density at radius 2 is 1.76 bits per heavy atom. The Labute approximate surface area is 297 Å². The molecule has 1 unspecified atom stereocenters. The number of carbonyl (C=O) groups is 1. The van der Waals surface area contributed by atoms with Gasteiger partial charge in [-0.2, -0.15) is 13.2 Å². The topological polar surface area (TPSA) is 94.0 Å². The third kappa shape index (κ3) is 8.93. The summed E-state index contributed by atoms with van der Waals surface area (Å²) in [5.41, 5.74) is 1.08. The van der Waals surface area contributed by atoms with E-state index in [9.17, 15) is 18.0 Å². The molecule has 51 heavy (non-hydrogen) atoms. The fourth-order valence-corrected chi connectivity index (χ4v) is 7.53. The first-order valence-electron chi connectivity index (χ1n) is 17.7. The summed E-state index contributed by atoms with van der Waals surface area (Å²) in [7, 11) is 1.80. The van der Waals surface area contributed by atoms with Crippen LogP contribution in [0.3, 0.4) is 0 Å². The summed E-state index contributed by atoms with van der Waals surface area (Å²) in [4.78, 5) is 25.2. The van der Waals surface area contributed by atoms with E-state index in [1.807, 2.05) is 54.9 Å². The third-order valence-electron chi connectivity index (χ3n) is 9.59. The van der Waals surface area contributed by atoms with Gasteiger partial charge in [-0.05, 0) is 76.3 Å². The van der Waals surface area contributed by atoms with Gasteiger partial charge in [0.25, 0.3) is 0 Å². The second-order valence-electron chi connectivity index (χ2n) is 15.2. The average molecular weight is 711 g/mol. The Morgan fingerprint density at radius 3 is 2.49 bits per heavy atom. The number of ether oxygens (including phenoxy) is 3. The zero-order valence-electron chi connectivity index (χ0n) is 30.2. The molecular formula is C38H49F3N6O4. The van der Waals surface area contributed by atoms with Crippen LogP contribution in [0.25, 0.3) is 21.8 Å². The molecule has 1 saturated heterocycles. The highest BCUT2D eigenvalue weighted by Gasteiger charge is 2.55. The minimum Gasteiger partial charge on any atom is -0.444 e. The van der Waals surface area contributed by atoms with Gasteiger partial charge in [-0.1, -0.05) is 42.5 Å². The summed E-state index contributed by atoms with van der Waals surface area (Å²) in [5, 5.41) is 6.19. The van der Waals surface area contributed by atoms with Crippen molar-refractivity contribution >= 4 is 33.7 Å². The van der Waals surface area contributed by atoms with Gasteiger partial charge in [0, 0.05) is 45.3 Å². The molecule has 1 aliphatic carbocycles. The maximum absolute atomic E-state index is 14.0. The molecule has 4 atom stereocenters. The number of anilines is 1. The number of nitrogens with one attached hydrogen (secondary N) is 1. The molecule has 2 aromatic heterocycles. The highest BCUT2D eigenvalue weighted by Crippen LogP contribution is 2.48. The maximum atomic E-state index is 14.0. The van der Waals surface area contributed by atoms with E-state index in [0.717, 1.165) is 27.4 Å². The monoisotopic (exact) mass is 710 g/mol. The lowest BCUT2D eigenvalue weighted by molar-refractivity contribution is -0.165. The van der Waals surface area contributed by atoms with Crippen molar-refractivity contribution in [2.45, 2.75) is 89.7 Å². The quantitative estimate of drug-likeness (QED) is 0.162. The number of amides is 1. The largest absolute Gasteiger partial charge is 0.444 e. The van der Waals surface area contributed by atoms with Gasteiger partial charge in [0.05, 0.1) is 24.1 Å². The Hall–Kier alpha value is -3.94. The molecule has 10 nitrogen and oxygen atoms in total. The van der Waals surface area contributed by atoms with E-state index >= 15 is 0 Å². The number of halogens is 3. The first kappa shape index (κ1) is 36.8. The van der Waals surface area contributed by atoms with Crippen LogP contribution in [0, 0.1) is 5.92 Å². The van der Waals surface area contributed by atoms with Crippen LogP contribution in [0.15, 0.2) is 61.1 Å². The van der Waals surface area contributed by atoms with E-state index in [1.165, 1.54) is 11.2 Å². The molecule has 1 N–H and O–H groups in total. The van der Waals surface area contributed by atoms with Crippen molar-refractivity contribution in [2.24, 2.45) is 5.92 Å². The number of benzene rings is 2. The zero-order chi connectivity index (χ0) is 36.6. The molecule has 4 aromatic rings. The molecule has 1 aliphatic heterocycles. The zero-order valence-corrected chi connectivity index (χ0v) is 30.2. The summed E-state index contributed by atoms with van der Waals surface area (Å²) in [6.45, 7) is 8.96. The van der Waals surface area contributed by atoms with Crippen LogP contribution >= 0.6 is 0 Å². The van der Waals surface area contributed by atoms with Crippen LogP contribution in [0.1, 0.15) is 59.1 Å². The van der Waals surface area contributed by atoms with Crippen molar-refractivity contribution in [3.63, 3.8) is 0 Å². The maximum Gasteiger partial charge on any atom is 0.410 e. The number of aromatic nitrogens is 3. The van der Waals surface area contributed by atoms with E-state index in [-0.39, 0.29) is 37.7 Å². The second-order valence-corrected chi connectivity index (χ2v) is 15.2. The van der Waals surface area contributed by atoms with Gasteiger partial charge in [-0.15, -0.1) is 0 Å². The summed E-state index contributed by atoms with van der Waals surface area (Å²) < 4.78 is 62.6. The van der Waals surface area contributed by atoms with Crippen molar-refractivity contribution in [2.75, 3.05) is 45.1 Å². The lowest BCUT2D eigenvalue weighted by Gasteiger charge is -2.31. The Morgan fingerprint density at radius 1 is 1.02 bits per heavy atom. The van der Waals surface area contributed by atoms with Crippen LogP contribution < -0.4 is 5.32 Å². The summed E-state index contributed by atoms with van der Waals surface area (Å²) >= 11 is 0. The van der Waals surface area contributed by atoms with Crippen LogP contribution in [0.4, 0.5) is 23.8 Å². The van der Waals surface area contributed by atoms with Gasteiger partial charge in [-0.3, -0.25) is 4.90 Å². The van der Waals surface area contributed by atoms with Crippen LogP contribution in [-0.4, -0.2) is 100.0 Å². The number of rotatable bonds is 12. The van der Waals surface area contributed by atoms with Crippen LogP contribution in [0.5, 0.6) is 0 Å². The number of nitrogens with zero attached hydrogens (tertiary/aromatic N) is 5. The van der Waals surface area contributed by atoms with Gasteiger partial charge >= 0.3 is 12.3 Å². The lowest BCUT2D eigenvalue weighted by Crippen LogP contribution is -2.43. The van der Waals surface area contributed by atoms with E-state index in [1.54, 1.807) is 32.7 Å². The standard InChI is InChI=1S/C38H49F3N6O4/c1-36(2,3)51-35(48)46(18-14-25-12-13-26-10-7-8-11-27(26)20-25)17-9-16-45(23-38(39,40)41)22-28-21-30(32-31(28)49-37(4,5)50-32)47-19-15-29-33(42-6)43-24-44-34(29)47/h7-8,10-13,15,19-20,24,28,30-32H,9,14,16-18,21-23H2,1-6H3,(H,42,43,44)/t28-,30?,31-,32+/m1/s1. The number of fused-ring (bicyclic) bond motifs is 3. The van der Waals surface area contributed by atoms with Crippen LogP contribution in [0.2, 0.25) is 0 Å². The molecule has 276 valence electrons. The normalized spacial score (nSPS) is 21.8. The average Bonchev–Trinajstić information content (AvgIpc) is 3.71. The smallest absolute Gasteiger partial charge is 0.410 e. The molecule has 2 aromatic carbocycles. The second kappa shape index (κ2) is 14.6. The Bertz CT molecular complexity index is 1820. The van der Waals surface area contributed by atoms with Gasteiger partial charge in [-0.25, -0.2) is 14.8 Å². The Kier molecular flexibility index (Phi) is 10.5.